The molecule has 0 bridgehead atoms. The molecule has 0 fully saturated rings. The van der Waals surface area contributed by atoms with E-state index in [1.54, 1.807) is 12.4 Å². The summed E-state index contributed by atoms with van der Waals surface area (Å²) in [5, 5.41) is 21.8. The van der Waals surface area contributed by atoms with Crippen molar-refractivity contribution in [1.29, 1.82) is 10.5 Å². The van der Waals surface area contributed by atoms with E-state index >= 15 is 0 Å². The predicted molar refractivity (Wildman–Crippen MR) is 96.6 cm³/mol. The van der Waals surface area contributed by atoms with Gasteiger partial charge >= 0.3 is 0 Å². The van der Waals surface area contributed by atoms with Crippen molar-refractivity contribution >= 4 is 11.9 Å². The van der Waals surface area contributed by atoms with E-state index in [-0.39, 0.29) is 11.9 Å². The summed E-state index contributed by atoms with van der Waals surface area (Å²) in [5.41, 5.74) is 10.9. The Labute approximate surface area is 145 Å². The van der Waals surface area contributed by atoms with Crippen molar-refractivity contribution in [1.82, 2.24) is 10.6 Å². The maximum Gasteiger partial charge on any atom is 0.209 e. The molecule has 0 aliphatic rings. The van der Waals surface area contributed by atoms with Crippen LogP contribution in [0.1, 0.15) is 64.2 Å². The van der Waals surface area contributed by atoms with E-state index in [1.165, 1.54) is 44.9 Å². The second kappa shape index (κ2) is 16.9. The van der Waals surface area contributed by atoms with Crippen molar-refractivity contribution in [2.45, 2.75) is 64.2 Å². The normalized spacial score (nSPS) is 11.6. The lowest BCUT2D eigenvalue weighted by molar-refractivity contribution is 0.551. The van der Waals surface area contributed by atoms with Crippen LogP contribution in [-0.4, -0.2) is 25.0 Å². The molecule has 0 heterocycles. The fourth-order valence-electron chi connectivity index (χ4n) is 2.26. The summed E-state index contributed by atoms with van der Waals surface area (Å²) in [4.78, 5) is 7.44. The summed E-state index contributed by atoms with van der Waals surface area (Å²) < 4.78 is 0. The van der Waals surface area contributed by atoms with Gasteiger partial charge in [-0.1, -0.05) is 51.4 Å². The van der Waals surface area contributed by atoms with E-state index in [0.29, 0.717) is 6.54 Å². The van der Waals surface area contributed by atoms with E-state index in [2.05, 4.69) is 20.6 Å². The van der Waals surface area contributed by atoms with Gasteiger partial charge < -0.3 is 16.8 Å². The molecule has 0 aromatic carbocycles. The molecule has 0 aliphatic carbocycles. The number of nitriles is 2. The Hall–Kier alpha value is -2.48. The summed E-state index contributed by atoms with van der Waals surface area (Å²) in [7, 11) is 0. The predicted octanol–water partition coefficient (Wildman–Crippen LogP) is 1.66. The van der Waals surface area contributed by atoms with E-state index < -0.39 is 0 Å². The summed E-state index contributed by atoms with van der Waals surface area (Å²) in [6.45, 7) is 1.45. The largest absolute Gasteiger partial charge is 0.369 e. The van der Waals surface area contributed by atoms with E-state index in [0.717, 1.165) is 25.8 Å². The van der Waals surface area contributed by atoms with Crippen molar-refractivity contribution in [2.75, 3.05) is 13.1 Å². The first kappa shape index (κ1) is 21.5. The SMILES string of the molecule is N#CN=C(N)NCCCCCCCCCCCCN=C(N)NC#N. The molecule has 0 atom stereocenters. The molecule has 0 radical (unpaired) electrons. The van der Waals surface area contributed by atoms with Crippen LogP contribution in [0.5, 0.6) is 0 Å². The van der Waals surface area contributed by atoms with Gasteiger partial charge in [0.1, 0.15) is 0 Å². The van der Waals surface area contributed by atoms with Crippen molar-refractivity contribution in [2.24, 2.45) is 21.5 Å². The minimum Gasteiger partial charge on any atom is -0.369 e. The summed E-state index contributed by atoms with van der Waals surface area (Å²) in [6.07, 6.45) is 15.3. The van der Waals surface area contributed by atoms with E-state index in [1.807, 2.05) is 0 Å². The highest BCUT2D eigenvalue weighted by Gasteiger charge is 1.95. The van der Waals surface area contributed by atoms with Gasteiger partial charge in [0.25, 0.3) is 0 Å². The number of nitrogens with zero attached hydrogens (tertiary/aromatic N) is 4. The molecule has 8 heteroatoms. The maximum absolute atomic E-state index is 8.34. The molecule has 0 saturated heterocycles. The van der Waals surface area contributed by atoms with Crippen LogP contribution in [0.4, 0.5) is 0 Å². The smallest absolute Gasteiger partial charge is 0.209 e. The molecule has 0 saturated carbocycles. The fraction of sp³-hybridized carbons (Fsp3) is 0.750. The van der Waals surface area contributed by atoms with Crippen LogP contribution < -0.4 is 22.1 Å². The minimum atomic E-state index is 0.201. The molecule has 0 unspecified atom stereocenters. The number of guanidine groups is 2. The van der Waals surface area contributed by atoms with Gasteiger partial charge in [0.15, 0.2) is 6.19 Å². The average Bonchev–Trinajstić information content (AvgIpc) is 2.55. The van der Waals surface area contributed by atoms with Crippen molar-refractivity contribution < 1.29 is 0 Å². The zero-order valence-corrected chi connectivity index (χ0v) is 14.4. The lowest BCUT2D eigenvalue weighted by atomic mass is 10.1. The number of hydrogen-bond donors (Lipinski definition) is 4. The highest BCUT2D eigenvalue weighted by atomic mass is 15.1. The van der Waals surface area contributed by atoms with Crippen LogP contribution in [0.3, 0.4) is 0 Å². The maximum atomic E-state index is 8.34. The lowest BCUT2D eigenvalue weighted by Crippen LogP contribution is -2.31. The summed E-state index contributed by atoms with van der Waals surface area (Å²) in [6, 6.07) is 0. The minimum absolute atomic E-state index is 0.201. The van der Waals surface area contributed by atoms with Gasteiger partial charge in [-0.15, -0.1) is 4.99 Å². The van der Waals surface area contributed by atoms with Crippen molar-refractivity contribution in [3.05, 3.63) is 0 Å². The van der Waals surface area contributed by atoms with Gasteiger partial charge in [0.05, 0.1) is 0 Å². The third-order valence-corrected chi connectivity index (χ3v) is 3.53. The van der Waals surface area contributed by atoms with Crippen LogP contribution in [0.15, 0.2) is 9.98 Å². The third kappa shape index (κ3) is 15.9. The molecule has 0 aliphatic heterocycles. The van der Waals surface area contributed by atoms with Gasteiger partial charge in [0.2, 0.25) is 18.1 Å². The molecule has 0 spiro atoms. The second-order valence-electron chi connectivity index (χ2n) is 5.56. The number of rotatable bonds is 13. The Balaban J connectivity index is 3.21. The number of unbranched alkanes of at least 4 members (excludes halogenated alkanes) is 9. The molecular formula is C16H30N8. The van der Waals surface area contributed by atoms with Gasteiger partial charge in [0, 0.05) is 13.1 Å². The van der Waals surface area contributed by atoms with Gasteiger partial charge in [-0.25, -0.2) is 0 Å². The Kier molecular flexibility index (Phi) is 15.1. The van der Waals surface area contributed by atoms with E-state index in [9.17, 15) is 0 Å². The zero-order chi connectivity index (χ0) is 17.9. The molecule has 134 valence electrons. The Morgan fingerprint density at radius 1 is 0.792 bits per heavy atom. The molecule has 8 nitrogen and oxygen atoms in total. The topological polar surface area (TPSA) is 148 Å². The standard InChI is InChI=1S/C16H30N8/c17-13-23-15(19)21-11-9-7-5-3-1-2-4-6-8-10-12-22-16(20)24-14-18/h1-12H2,(H3,19,21,23)(H3,20,22,24). The molecule has 0 amide bonds. The number of nitrogens with one attached hydrogen (secondary N) is 2. The first-order valence-electron chi connectivity index (χ1n) is 8.62. The first-order valence-corrected chi connectivity index (χ1v) is 8.62. The van der Waals surface area contributed by atoms with Gasteiger partial charge in [-0.3, -0.25) is 10.3 Å². The molecular weight excluding hydrogens is 304 g/mol. The zero-order valence-electron chi connectivity index (χ0n) is 14.4. The molecule has 0 aromatic rings. The monoisotopic (exact) mass is 334 g/mol. The van der Waals surface area contributed by atoms with Gasteiger partial charge in [-0.2, -0.15) is 10.5 Å². The van der Waals surface area contributed by atoms with Crippen LogP contribution in [0.2, 0.25) is 0 Å². The van der Waals surface area contributed by atoms with Crippen molar-refractivity contribution in [3.8, 4) is 12.4 Å². The first-order chi connectivity index (χ1) is 11.7. The summed E-state index contributed by atoms with van der Waals surface area (Å²) in [5.74, 6) is 0.403. The lowest BCUT2D eigenvalue weighted by Gasteiger charge is -2.04. The van der Waals surface area contributed by atoms with Crippen LogP contribution in [-0.2, 0) is 0 Å². The quantitative estimate of drug-likeness (QED) is 0.132. The highest BCUT2D eigenvalue weighted by Crippen LogP contribution is 2.10. The Morgan fingerprint density at radius 3 is 1.88 bits per heavy atom. The molecule has 6 N–H and O–H groups in total. The highest BCUT2D eigenvalue weighted by molar-refractivity contribution is 5.79. The summed E-state index contributed by atoms with van der Waals surface area (Å²) >= 11 is 0. The molecule has 0 rings (SSSR count). The number of nitrogens with two attached hydrogens (primary N) is 2. The van der Waals surface area contributed by atoms with Gasteiger partial charge in [-0.05, 0) is 12.8 Å². The Bertz CT molecular complexity index is 444. The average molecular weight is 334 g/mol. The molecule has 0 aromatic heterocycles. The van der Waals surface area contributed by atoms with Crippen LogP contribution in [0, 0.1) is 22.9 Å². The van der Waals surface area contributed by atoms with Crippen LogP contribution in [0.25, 0.3) is 0 Å². The fourth-order valence-corrected chi connectivity index (χ4v) is 2.26. The number of aliphatic imine (C=N–C) groups is 2. The second-order valence-corrected chi connectivity index (χ2v) is 5.56. The third-order valence-electron chi connectivity index (χ3n) is 3.53. The van der Waals surface area contributed by atoms with Crippen LogP contribution >= 0.6 is 0 Å². The van der Waals surface area contributed by atoms with E-state index in [4.69, 9.17) is 22.0 Å². The molecule has 24 heavy (non-hydrogen) atoms. The number of hydrogen-bond acceptors (Lipinski definition) is 4. The van der Waals surface area contributed by atoms with Crippen molar-refractivity contribution in [3.63, 3.8) is 0 Å². The Morgan fingerprint density at radius 2 is 1.33 bits per heavy atom.